The van der Waals surface area contributed by atoms with Gasteiger partial charge in [0.1, 0.15) is 0 Å². The van der Waals surface area contributed by atoms with Crippen LogP contribution in [-0.4, -0.2) is 22.3 Å². The summed E-state index contributed by atoms with van der Waals surface area (Å²) in [6.45, 7) is 1.72. The van der Waals surface area contributed by atoms with Crippen molar-refractivity contribution in [3.05, 3.63) is 74.8 Å². The predicted molar refractivity (Wildman–Crippen MR) is 101 cm³/mol. The fraction of sp³-hybridized carbons (Fsp3) is 0.176. The van der Waals surface area contributed by atoms with Crippen molar-refractivity contribution >= 4 is 40.7 Å². The van der Waals surface area contributed by atoms with Gasteiger partial charge in [0.2, 0.25) is 5.91 Å². The second-order valence-corrected chi connectivity index (χ2v) is 6.58. The number of thioether (sulfide) groups is 1. The molecule has 2 aromatic rings. The summed E-state index contributed by atoms with van der Waals surface area (Å²) in [6.07, 6.45) is 0. The zero-order valence-electron chi connectivity index (χ0n) is 13.4. The van der Waals surface area contributed by atoms with Gasteiger partial charge in [-0.05, 0) is 42.3 Å². The number of carbonyl (C=O) groups excluding carboxylic acids is 1. The highest BCUT2D eigenvalue weighted by molar-refractivity contribution is 7.99. The maximum Gasteiger partial charge on any atom is 0.269 e. The molecule has 130 valence electrons. The van der Waals surface area contributed by atoms with Gasteiger partial charge in [0, 0.05) is 22.9 Å². The molecule has 0 aromatic heterocycles. The molecule has 0 aliphatic heterocycles. The second kappa shape index (κ2) is 9.19. The van der Waals surface area contributed by atoms with Crippen LogP contribution >= 0.6 is 23.4 Å². The molecule has 1 N–H and O–H groups in total. The minimum Gasteiger partial charge on any atom is -0.272 e. The number of nitrogens with zero attached hydrogens (tertiary/aromatic N) is 2. The van der Waals surface area contributed by atoms with Crippen LogP contribution in [0.15, 0.2) is 53.6 Å². The van der Waals surface area contributed by atoms with Gasteiger partial charge in [-0.15, -0.1) is 11.8 Å². The highest BCUT2D eigenvalue weighted by Gasteiger charge is 2.06. The molecular weight excluding hydrogens is 362 g/mol. The first-order valence-electron chi connectivity index (χ1n) is 7.36. The molecule has 8 heteroatoms. The first-order chi connectivity index (χ1) is 12.0. The molecule has 2 aromatic carbocycles. The summed E-state index contributed by atoms with van der Waals surface area (Å²) >= 11 is 7.37. The van der Waals surface area contributed by atoms with Crippen LogP contribution in [0.4, 0.5) is 5.69 Å². The van der Waals surface area contributed by atoms with E-state index in [1.165, 1.54) is 23.9 Å². The summed E-state index contributed by atoms with van der Waals surface area (Å²) in [5.41, 5.74) is 4.83. The van der Waals surface area contributed by atoms with E-state index in [-0.39, 0.29) is 17.3 Å². The monoisotopic (exact) mass is 377 g/mol. The Hall–Kier alpha value is -2.38. The second-order valence-electron chi connectivity index (χ2n) is 5.16. The molecule has 0 heterocycles. The SMILES string of the molecule is CC(=NNC(=O)CSCc1cccc(Cl)c1)c1ccc([N+](=O)[O-])cc1. The van der Waals surface area contributed by atoms with Crippen molar-refractivity contribution < 1.29 is 9.72 Å². The van der Waals surface area contributed by atoms with Crippen LogP contribution in [0, 0.1) is 10.1 Å². The third kappa shape index (κ3) is 6.21. The number of hydrazone groups is 1. The molecule has 0 bridgehead atoms. The van der Waals surface area contributed by atoms with Gasteiger partial charge in [-0.3, -0.25) is 14.9 Å². The fourth-order valence-corrected chi connectivity index (χ4v) is 2.94. The maximum absolute atomic E-state index is 11.8. The molecule has 2 rings (SSSR count). The number of rotatable bonds is 7. The zero-order chi connectivity index (χ0) is 18.2. The van der Waals surface area contributed by atoms with Crippen molar-refractivity contribution in [3.63, 3.8) is 0 Å². The van der Waals surface area contributed by atoms with E-state index in [4.69, 9.17) is 11.6 Å². The minimum absolute atomic E-state index is 0.0120. The van der Waals surface area contributed by atoms with Gasteiger partial charge in [-0.25, -0.2) is 5.43 Å². The van der Waals surface area contributed by atoms with Crippen molar-refractivity contribution in [2.45, 2.75) is 12.7 Å². The number of hydrogen-bond acceptors (Lipinski definition) is 5. The van der Waals surface area contributed by atoms with Crippen LogP contribution < -0.4 is 5.43 Å². The number of nitro groups is 1. The number of hydrogen-bond donors (Lipinski definition) is 1. The Morgan fingerprint density at radius 3 is 2.64 bits per heavy atom. The van der Waals surface area contributed by atoms with Crippen LogP contribution in [0.5, 0.6) is 0 Å². The molecule has 0 fully saturated rings. The highest BCUT2D eigenvalue weighted by Crippen LogP contribution is 2.16. The number of carbonyl (C=O) groups is 1. The van der Waals surface area contributed by atoms with Crippen LogP contribution in [-0.2, 0) is 10.5 Å². The molecule has 0 saturated heterocycles. The van der Waals surface area contributed by atoms with Gasteiger partial charge in [0.25, 0.3) is 5.69 Å². The van der Waals surface area contributed by atoms with E-state index in [9.17, 15) is 14.9 Å². The van der Waals surface area contributed by atoms with Crippen LogP contribution in [0.2, 0.25) is 5.02 Å². The third-order valence-corrected chi connectivity index (χ3v) is 4.47. The van der Waals surface area contributed by atoms with Gasteiger partial charge in [0.15, 0.2) is 0 Å². The molecule has 6 nitrogen and oxygen atoms in total. The van der Waals surface area contributed by atoms with Crippen molar-refractivity contribution in [3.8, 4) is 0 Å². The number of nitrogens with one attached hydrogen (secondary N) is 1. The zero-order valence-corrected chi connectivity index (χ0v) is 15.0. The maximum atomic E-state index is 11.8. The standard InChI is InChI=1S/C17H16ClN3O3S/c1-12(14-5-7-16(8-6-14)21(23)24)19-20-17(22)11-25-10-13-3-2-4-15(18)9-13/h2-9H,10-11H2,1H3,(H,20,22). The lowest BCUT2D eigenvalue weighted by Gasteiger charge is -2.04. The summed E-state index contributed by atoms with van der Waals surface area (Å²) in [4.78, 5) is 22.0. The third-order valence-electron chi connectivity index (χ3n) is 3.24. The van der Waals surface area contributed by atoms with Crippen LogP contribution in [0.25, 0.3) is 0 Å². The molecule has 0 aliphatic carbocycles. The Bertz CT molecular complexity index is 794. The molecule has 0 unspecified atom stereocenters. The first-order valence-corrected chi connectivity index (χ1v) is 8.89. The van der Waals surface area contributed by atoms with Crippen molar-refractivity contribution in [2.75, 3.05) is 5.75 Å². The molecule has 0 saturated carbocycles. The van der Waals surface area contributed by atoms with Crippen LogP contribution in [0.3, 0.4) is 0 Å². The molecule has 0 radical (unpaired) electrons. The summed E-state index contributed by atoms with van der Waals surface area (Å²) in [5, 5.41) is 15.3. The van der Waals surface area contributed by atoms with E-state index in [0.29, 0.717) is 22.1 Å². The summed E-state index contributed by atoms with van der Waals surface area (Å²) in [5.74, 6) is 0.732. The van der Waals surface area contributed by atoms with Gasteiger partial charge in [0.05, 0.1) is 16.4 Å². The Labute approximate surface area is 154 Å². The summed E-state index contributed by atoms with van der Waals surface area (Å²) in [6, 6.07) is 13.5. The Balaban J connectivity index is 1.81. The molecular formula is C17H16ClN3O3S. The predicted octanol–water partition coefficient (Wildman–Crippen LogP) is 4.02. The summed E-state index contributed by atoms with van der Waals surface area (Å²) in [7, 11) is 0. The van der Waals surface area contributed by atoms with E-state index >= 15 is 0 Å². The highest BCUT2D eigenvalue weighted by atomic mass is 35.5. The number of benzene rings is 2. The van der Waals surface area contributed by atoms with Gasteiger partial charge >= 0.3 is 0 Å². The average molecular weight is 378 g/mol. The van der Waals surface area contributed by atoms with Gasteiger partial charge in [-0.1, -0.05) is 23.7 Å². The number of amides is 1. The van der Waals surface area contributed by atoms with E-state index in [0.717, 1.165) is 5.56 Å². The smallest absolute Gasteiger partial charge is 0.269 e. The van der Waals surface area contributed by atoms with E-state index in [1.54, 1.807) is 25.1 Å². The largest absolute Gasteiger partial charge is 0.272 e. The first kappa shape index (κ1) is 19.0. The quantitative estimate of drug-likeness (QED) is 0.448. The lowest BCUT2D eigenvalue weighted by atomic mass is 10.1. The van der Waals surface area contributed by atoms with Crippen LogP contribution in [0.1, 0.15) is 18.1 Å². The minimum atomic E-state index is -0.463. The number of nitro benzene ring substituents is 1. The summed E-state index contributed by atoms with van der Waals surface area (Å²) < 4.78 is 0. The number of non-ortho nitro benzene ring substituents is 1. The van der Waals surface area contributed by atoms with Gasteiger partial charge < -0.3 is 0 Å². The Morgan fingerprint density at radius 2 is 2.00 bits per heavy atom. The molecule has 0 spiro atoms. The molecule has 25 heavy (non-hydrogen) atoms. The van der Waals surface area contributed by atoms with Crippen molar-refractivity contribution in [1.29, 1.82) is 0 Å². The van der Waals surface area contributed by atoms with Crippen molar-refractivity contribution in [2.24, 2.45) is 5.10 Å². The van der Waals surface area contributed by atoms with E-state index in [2.05, 4.69) is 10.5 Å². The lowest BCUT2D eigenvalue weighted by Crippen LogP contribution is -2.21. The van der Waals surface area contributed by atoms with E-state index in [1.807, 2.05) is 18.2 Å². The number of halogens is 1. The normalized spacial score (nSPS) is 11.2. The molecule has 1 amide bonds. The average Bonchev–Trinajstić information content (AvgIpc) is 2.60. The molecule has 0 aliphatic rings. The topological polar surface area (TPSA) is 84.6 Å². The van der Waals surface area contributed by atoms with E-state index < -0.39 is 4.92 Å². The van der Waals surface area contributed by atoms with Gasteiger partial charge in [-0.2, -0.15) is 5.10 Å². The Kier molecular flexibility index (Phi) is 6.97. The Morgan fingerprint density at radius 1 is 1.28 bits per heavy atom. The van der Waals surface area contributed by atoms with Crippen molar-refractivity contribution in [1.82, 2.24) is 5.43 Å². The molecule has 0 atom stereocenters. The lowest BCUT2D eigenvalue weighted by molar-refractivity contribution is -0.384. The fourth-order valence-electron chi connectivity index (χ4n) is 1.96.